The summed E-state index contributed by atoms with van der Waals surface area (Å²) in [5.41, 5.74) is 0. The Kier molecular flexibility index (Phi) is 2.92. The van der Waals surface area contributed by atoms with E-state index in [0.29, 0.717) is 20.1 Å². The van der Waals surface area contributed by atoms with Gasteiger partial charge in [-0.05, 0) is 24.3 Å². The maximum atomic E-state index is 6.24. The summed E-state index contributed by atoms with van der Waals surface area (Å²) in [7, 11) is 0. The Balaban J connectivity index is 2.58. The fraction of sp³-hybridized carbons (Fsp3) is 0. The highest BCUT2D eigenvalue weighted by Crippen LogP contribution is 2.43. The minimum atomic E-state index is 0.523. The number of rotatable bonds is 0. The second-order valence-corrected chi connectivity index (χ2v) is 6.28. The molecule has 0 aliphatic rings. The molecule has 3 rings (SSSR count). The molecule has 0 atom stereocenters. The van der Waals surface area contributed by atoms with Crippen LogP contribution in [-0.2, 0) is 0 Å². The number of benzene rings is 2. The number of fused-ring (bicyclic) bond motifs is 3. The number of thiophene rings is 1. The smallest absolute Gasteiger partial charge is 0.0685 e. The third-order valence-electron chi connectivity index (χ3n) is 2.57. The van der Waals surface area contributed by atoms with Gasteiger partial charge in [-0.25, -0.2) is 0 Å². The van der Waals surface area contributed by atoms with Crippen LogP contribution in [0.4, 0.5) is 0 Å². The number of hydrogen-bond donors (Lipinski definition) is 0. The predicted octanol–water partition coefficient (Wildman–Crippen LogP) is 6.67. The van der Waals surface area contributed by atoms with Gasteiger partial charge in [0.15, 0.2) is 0 Å². The first-order valence-electron chi connectivity index (χ1n) is 4.73. The van der Waals surface area contributed by atoms with E-state index >= 15 is 0 Å². The van der Waals surface area contributed by atoms with Crippen molar-refractivity contribution < 1.29 is 0 Å². The fourth-order valence-corrected chi connectivity index (χ4v) is 3.80. The Bertz CT molecular complexity index is 745. The van der Waals surface area contributed by atoms with Gasteiger partial charge in [-0.15, -0.1) is 11.3 Å². The van der Waals surface area contributed by atoms with E-state index in [1.807, 2.05) is 18.2 Å². The Morgan fingerprint density at radius 2 is 1.47 bits per heavy atom. The SMILES string of the molecule is Clc1cc2sc3ccc(Cl)c(Cl)c3c2cc1Cl. The molecule has 0 unspecified atom stereocenters. The van der Waals surface area contributed by atoms with Crippen LogP contribution < -0.4 is 0 Å². The number of halogens is 4. The van der Waals surface area contributed by atoms with E-state index in [1.165, 1.54) is 0 Å². The van der Waals surface area contributed by atoms with E-state index in [-0.39, 0.29) is 0 Å². The molecule has 0 aliphatic heterocycles. The maximum Gasteiger partial charge on any atom is 0.0685 e. The second-order valence-electron chi connectivity index (χ2n) is 3.60. The van der Waals surface area contributed by atoms with Gasteiger partial charge in [0.2, 0.25) is 0 Å². The molecule has 0 fully saturated rings. The summed E-state index contributed by atoms with van der Waals surface area (Å²) in [4.78, 5) is 0. The van der Waals surface area contributed by atoms with Gasteiger partial charge in [-0.2, -0.15) is 0 Å². The average molecular weight is 322 g/mol. The standard InChI is InChI=1S/C12H4Cl4S/c13-6-1-2-9-11(12(6)16)5-3-7(14)8(15)4-10(5)17-9/h1-4H. The van der Waals surface area contributed by atoms with E-state index in [1.54, 1.807) is 17.4 Å². The normalized spacial score (nSPS) is 11.5. The minimum absolute atomic E-state index is 0.523. The van der Waals surface area contributed by atoms with E-state index < -0.39 is 0 Å². The summed E-state index contributed by atoms with van der Waals surface area (Å²) in [5.74, 6) is 0. The first kappa shape index (κ1) is 11.9. The van der Waals surface area contributed by atoms with Crippen LogP contribution >= 0.6 is 57.7 Å². The van der Waals surface area contributed by atoms with Crippen molar-refractivity contribution in [3.63, 3.8) is 0 Å². The van der Waals surface area contributed by atoms with Gasteiger partial charge >= 0.3 is 0 Å². The molecular weight excluding hydrogens is 318 g/mol. The Morgan fingerprint density at radius 3 is 2.24 bits per heavy atom. The Hall–Kier alpha value is -0.180. The largest absolute Gasteiger partial charge is 0.135 e. The molecule has 5 heteroatoms. The molecule has 0 radical (unpaired) electrons. The third-order valence-corrected chi connectivity index (χ3v) is 5.21. The van der Waals surface area contributed by atoms with Crippen LogP contribution in [0.2, 0.25) is 20.1 Å². The summed E-state index contributed by atoms with van der Waals surface area (Å²) in [6, 6.07) is 7.44. The zero-order chi connectivity index (χ0) is 12.2. The van der Waals surface area contributed by atoms with Crippen LogP contribution in [0, 0.1) is 0 Å². The molecule has 1 aromatic heterocycles. The molecule has 3 aromatic rings. The lowest BCUT2D eigenvalue weighted by molar-refractivity contribution is 1.82. The fourth-order valence-electron chi connectivity index (χ4n) is 1.80. The van der Waals surface area contributed by atoms with E-state index in [9.17, 15) is 0 Å². The van der Waals surface area contributed by atoms with E-state index in [2.05, 4.69) is 0 Å². The van der Waals surface area contributed by atoms with Crippen molar-refractivity contribution in [1.82, 2.24) is 0 Å². The first-order valence-corrected chi connectivity index (χ1v) is 7.06. The molecule has 86 valence electrons. The van der Waals surface area contributed by atoms with Gasteiger partial charge in [0.25, 0.3) is 0 Å². The van der Waals surface area contributed by atoms with Crippen molar-refractivity contribution in [2.45, 2.75) is 0 Å². The quantitative estimate of drug-likeness (QED) is 0.434. The van der Waals surface area contributed by atoms with E-state index in [4.69, 9.17) is 46.4 Å². The predicted molar refractivity (Wildman–Crippen MR) is 79.4 cm³/mol. The van der Waals surface area contributed by atoms with Gasteiger partial charge in [0.05, 0.1) is 20.1 Å². The van der Waals surface area contributed by atoms with Crippen LogP contribution in [0.5, 0.6) is 0 Å². The molecule has 0 aliphatic carbocycles. The van der Waals surface area contributed by atoms with Crippen LogP contribution in [0.25, 0.3) is 20.2 Å². The van der Waals surface area contributed by atoms with Crippen LogP contribution in [0.15, 0.2) is 24.3 Å². The summed E-state index contributed by atoms with van der Waals surface area (Å²) in [6.45, 7) is 0. The van der Waals surface area contributed by atoms with Crippen molar-refractivity contribution in [2.75, 3.05) is 0 Å². The highest BCUT2D eigenvalue weighted by molar-refractivity contribution is 7.26. The average Bonchev–Trinajstić information content (AvgIpc) is 2.63. The van der Waals surface area contributed by atoms with Crippen LogP contribution in [0.3, 0.4) is 0 Å². The van der Waals surface area contributed by atoms with E-state index in [0.717, 1.165) is 20.2 Å². The lowest BCUT2D eigenvalue weighted by atomic mass is 10.1. The summed E-state index contributed by atoms with van der Waals surface area (Å²) in [5, 5.41) is 4.12. The van der Waals surface area contributed by atoms with Crippen molar-refractivity contribution >= 4 is 77.9 Å². The van der Waals surface area contributed by atoms with Gasteiger partial charge < -0.3 is 0 Å². The molecule has 0 bridgehead atoms. The van der Waals surface area contributed by atoms with Crippen molar-refractivity contribution in [3.05, 3.63) is 44.4 Å². The first-order chi connectivity index (χ1) is 8.08. The molecule has 0 spiro atoms. The topological polar surface area (TPSA) is 0 Å². The highest BCUT2D eigenvalue weighted by atomic mass is 35.5. The Labute approximate surface area is 122 Å². The zero-order valence-electron chi connectivity index (χ0n) is 8.23. The summed E-state index contributed by atoms with van der Waals surface area (Å²) >= 11 is 25.9. The highest BCUT2D eigenvalue weighted by Gasteiger charge is 2.12. The molecule has 2 aromatic carbocycles. The Morgan fingerprint density at radius 1 is 0.765 bits per heavy atom. The number of hydrogen-bond acceptors (Lipinski definition) is 1. The second kappa shape index (κ2) is 4.18. The van der Waals surface area contributed by atoms with Gasteiger partial charge in [-0.1, -0.05) is 46.4 Å². The molecule has 0 saturated carbocycles. The van der Waals surface area contributed by atoms with Gasteiger partial charge in [-0.3, -0.25) is 0 Å². The van der Waals surface area contributed by atoms with Crippen molar-refractivity contribution in [2.24, 2.45) is 0 Å². The third kappa shape index (κ3) is 1.81. The summed E-state index contributed by atoms with van der Waals surface area (Å²) < 4.78 is 2.13. The van der Waals surface area contributed by atoms with Crippen LogP contribution in [-0.4, -0.2) is 0 Å². The molecule has 0 amide bonds. The monoisotopic (exact) mass is 320 g/mol. The molecule has 1 heterocycles. The van der Waals surface area contributed by atoms with Gasteiger partial charge in [0.1, 0.15) is 0 Å². The minimum Gasteiger partial charge on any atom is -0.135 e. The lowest BCUT2D eigenvalue weighted by Gasteiger charge is -1.99. The van der Waals surface area contributed by atoms with Gasteiger partial charge in [0, 0.05) is 20.2 Å². The molecular formula is C12H4Cl4S. The molecule has 17 heavy (non-hydrogen) atoms. The maximum absolute atomic E-state index is 6.24. The zero-order valence-corrected chi connectivity index (χ0v) is 12.1. The molecule has 0 N–H and O–H groups in total. The lowest BCUT2D eigenvalue weighted by Crippen LogP contribution is -1.73. The van der Waals surface area contributed by atoms with Crippen LogP contribution in [0.1, 0.15) is 0 Å². The summed E-state index contributed by atoms with van der Waals surface area (Å²) in [6.07, 6.45) is 0. The molecule has 0 nitrogen and oxygen atoms in total. The van der Waals surface area contributed by atoms with Crippen molar-refractivity contribution in [1.29, 1.82) is 0 Å². The molecule has 0 saturated heterocycles. The van der Waals surface area contributed by atoms with Crippen molar-refractivity contribution in [3.8, 4) is 0 Å².